The average Bonchev–Trinajstić information content (AvgIpc) is 2.46. The molecular formula is C15H20F2N2O2. The van der Waals surface area contributed by atoms with Crippen LogP contribution in [-0.4, -0.2) is 30.4 Å². The minimum Gasteiger partial charge on any atom is -0.435 e. The fraction of sp³-hybridized carbons (Fsp3) is 0.533. The lowest BCUT2D eigenvalue weighted by atomic mass is 9.94. The third kappa shape index (κ3) is 6.52. The Morgan fingerprint density at radius 1 is 1.38 bits per heavy atom. The molecule has 1 unspecified atom stereocenters. The fourth-order valence-corrected chi connectivity index (χ4v) is 1.86. The zero-order chi connectivity index (χ0) is 15.7. The van der Waals surface area contributed by atoms with E-state index in [4.69, 9.17) is 5.11 Å². The second-order valence-corrected chi connectivity index (χ2v) is 4.97. The van der Waals surface area contributed by atoms with Crippen molar-refractivity contribution in [3.63, 3.8) is 0 Å². The lowest BCUT2D eigenvalue weighted by Crippen LogP contribution is -2.42. The molecule has 4 nitrogen and oxygen atoms in total. The Labute approximate surface area is 123 Å². The molecule has 0 spiro atoms. The SMILES string of the molecule is CC(C#N)(CCc1ccc(OC(F)F)cc1)NCCCO. The largest absolute Gasteiger partial charge is 0.435 e. The maximum Gasteiger partial charge on any atom is 0.387 e. The molecule has 21 heavy (non-hydrogen) atoms. The predicted octanol–water partition coefficient (Wildman–Crippen LogP) is 2.47. The maximum absolute atomic E-state index is 12.0. The Balaban J connectivity index is 2.51. The van der Waals surface area contributed by atoms with Gasteiger partial charge in [0.25, 0.3) is 0 Å². The number of aliphatic hydroxyl groups is 1. The summed E-state index contributed by atoms with van der Waals surface area (Å²) in [6.07, 6.45) is 1.83. The van der Waals surface area contributed by atoms with Gasteiger partial charge in [-0.05, 0) is 50.4 Å². The number of hydrogen-bond donors (Lipinski definition) is 2. The number of nitrogens with one attached hydrogen (secondary N) is 1. The summed E-state index contributed by atoms with van der Waals surface area (Å²) in [6, 6.07) is 8.63. The molecule has 116 valence electrons. The Morgan fingerprint density at radius 3 is 2.57 bits per heavy atom. The van der Waals surface area contributed by atoms with Crippen molar-refractivity contribution in [1.29, 1.82) is 5.26 Å². The van der Waals surface area contributed by atoms with Crippen LogP contribution in [-0.2, 0) is 6.42 Å². The van der Waals surface area contributed by atoms with Crippen molar-refractivity contribution in [3.8, 4) is 11.8 Å². The van der Waals surface area contributed by atoms with Gasteiger partial charge in [0.05, 0.1) is 6.07 Å². The van der Waals surface area contributed by atoms with Crippen LogP contribution in [0.15, 0.2) is 24.3 Å². The van der Waals surface area contributed by atoms with Crippen LogP contribution in [0.4, 0.5) is 8.78 Å². The minimum absolute atomic E-state index is 0.0834. The van der Waals surface area contributed by atoms with E-state index in [0.29, 0.717) is 25.8 Å². The van der Waals surface area contributed by atoms with Crippen molar-refractivity contribution in [2.45, 2.75) is 38.3 Å². The summed E-state index contributed by atoms with van der Waals surface area (Å²) in [4.78, 5) is 0. The van der Waals surface area contributed by atoms with Crippen LogP contribution in [0.5, 0.6) is 5.75 Å². The highest BCUT2D eigenvalue weighted by Gasteiger charge is 2.22. The summed E-state index contributed by atoms with van der Waals surface area (Å²) >= 11 is 0. The molecule has 0 fully saturated rings. The first-order chi connectivity index (χ1) is 9.99. The first-order valence-electron chi connectivity index (χ1n) is 6.80. The highest BCUT2D eigenvalue weighted by Crippen LogP contribution is 2.18. The third-order valence-corrected chi connectivity index (χ3v) is 3.16. The molecule has 0 aromatic heterocycles. The van der Waals surface area contributed by atoms with Crippen molar-refractivity contribution < 1.29 is 18.6 Å². The van der Waals surface area contributed by atoms with E-state index in [9.17, 15) is 14.0 Å². The molecule has 0 saturated carbocycles. The first kappa shape index (κ1) is 17.3. The number of alkyl halides is 2. The van der Waals surface area contributed by atoms with E-state index in [1.807, 2.05) is 0 Å². The van der Waals surface area contributed by atoms with E-state index >= 15 is 0 Å². The van der Waals surface area contributed by atoms with Crippen molar-refractivity contribution in [3.05, 3.63) is 29.8 Å². The molecular weight excluding hydrogens is 278 g/mol. The molecule has 0 aliphatic heterocycles. The van der Waals surface area contributed by atoms with E-state index in [1.165, 1.54) is 12.1 Å². The number of ether oxygens (including phenoxy) is 1. The highest BCUT2D eigenvalue weighted by molar-refractivity contribution is 5.27. The zero-order valence-corrected chi connectivity index (χ0v) is 12.0. The zero-order valence-electron chi connectivity index (χ0n) is 12.0. The number of nitrogens with zero attached hydrogens (tertiary/aromatic N) is 1. The van der Waals surface area contributed by atoms with Gasteiger partial charge >= 0.3 is 6.61 Å². The smallest absolute Gasteiger partial charge is 0.387 e. The summed E-state index contributed by atoms with van der Waals surface area (Å²) < 4.78 is 28.3. The van der Waals surface area contributed by atoms with E-state index < -0.39 is 12.2 Å². The van der Waals surface area contributed by atoms with Crippen LogP contribution in [0.3, 0.4) is 0 Å². The van der Waals surface area contributed by atoms with Crippen molar-refractivity contribution in [2.75, 3.05) is 13.2 Å². The Kier molecular flexibility index (Phi) is 7.06. The maximum atomic E-state index is 12.0. The van der Waals surface area contributed by atoms with Gasteiger partial charge in [-0.2, -0.15) is 14.0 Å². The van der Waals surface area contributed by atoms with Gasteiger partial charge in [0.1, 0.15) is 11.3 Å². The summed E-state index contributed by atoms with van der Waals surface area (Å²) in [6.45, 7) is -0.367. The monoisotopic (exact) mass is 298 g/mol. The highest BCUT2D eigenvalue weighted by atomic mass is 19.3. The average molecular weight is 298 g/mol. The van der Waals surface area contributed by atoms with Crippen LogP contribution in [0, 0.1) is 11.3 Å². The molecule has 0 saturated heterocycles. The molecule has 0 bridgehead atoms. The molecule has 1 atom stereocenters. The predicted molar refractivity (Wildman–Crippen MR) is 75.1 cm³/mol. The van der Waals surface area contributed by atoms with Gasteiger partial charge in [-0.3, -0.25) is 5.32 Å². The molecule has 0 aliphatic carbocycles. The molecule has 0 amide bonds. The number of aryl methyl sites for hydroxylation is 1. The number of halogens is 2. The summed E-state index contributed by atoms with van der Waals surface area (Å²) in [5.41, 5.74) is 0.273. The van der Waals surface area contributed by atoms with Gasteiger partial charge in [-0.25, -0.2) is 0 Å². The molecule has 0 heterocycles. The van der Waals surface area contributed by atoms with E-state index in [-0.39, 0.29) is 12.4 Å². The molecule has 1 rings (SSSR count). The number of benzene rings is 1. The van der Waals surface area contributed by atoms with Gasteiger partial charge in [0.2, 0.25) is 0 Å². The Bertz CT molecular complexity index is 460. The molecule has 1 aromatic rings. The Hall–Kier alpha value is -1.71. The minimum atomic E-state index is -2.83. The molecule has 6 heteroatoms. The normalized spacial score (nSPS) is 13.7. The third-order valence-electron chi connectivity index (χ3n) is 3.16. The van der Waals surface area contributed by atoms with Crippen molar-refractivity contribution in [1.82, 2.24) is 5.32 Å². The quantitative estimate of drug-likeness (QED) is 0.687. The van der Waals surface area contributed by atoms with E-state index in [1.54, 1.807) is 19.1 Å². The second-order valence-electron chi connectivity index (χ2n) is 4.97. The number of aliphatic hydroxyl groups excluding tert-OH is 1. The Morgan fingerprint density at radius 2 is 2.05 bits per heavy atom. The number of nitriles is 1. The molecule has 0 aliphatic rings. The lowest BCUT2D eigenvalue weighted by molar-refractivity contribution is -0.0498. The molecule has 2 N–H and O–H groups in total. The lowest BCUT2D eigenvalue weighted by Gasteiger charge is -2.23. The van der Waals surface area contributed by atoms with Gasteiger partial charge in [-0.15, -0.1) is 0 Å². The molecule has 0 radical (unpaired) electrons. The molecule has 1 aromatic carbocycles. The van der Waals surface area contributed by atoms with Crippen LogP contribution >= 0.6 is 0 Å². The van der Waals surface area contributed by atoms with E-state index in [0.717, 1.165) is 5.56 Å². The summed E-state index contributed by atoms with van der Waals surface area (Å²) in [5.74, 6) is 0.123. The topological polar surface area (TPSA) is 65.3 Å². The van der Waals surface area contributed by atoms with Gasteiger partial charge in [0.15, 0.2) is 0 Å². The van der Waals surface area contributed by atoms with Crippen molar-refractivity contribution >= 4 is 0 Å². The van der Waals surface area contributed by atoms with Crippen LogP contribution < -0.4 is 10.1 Å². The standard InChI is InChI=1S/C15H20F2N2O2/c1-15(11-18,19-9-2-10-20)8-7-12-3-5-13(6-4-12)21-14(16)17/h3-6,14,19-20H,2,7-10H2,1H3. The number of hydrogen-bond acceptors (Lipinski definition) is 4. The first-order valence-corrected chi connectivity index (χ1v) is 6.80. The summed E-state index contributed by atoms with van der Waals surface area (Å²) in [7, 11) is 0. The fourth-order valence-electron chi connectivity index (χ4n) is 1.86. The van der Waals surface area contributed by atoms with Crippen molar-refractivity contribution in [2.24, 2.45) is 0 Å². The van der Waals surface area contributed by atoms with Gasteiger partial charge in [-0.1, -0.05) is 12.1 Å². The van der Waals surface area contributed by atoms with Crippen LogP contribution in [0.25, 0.3) is 0 Å². The number of rotatable bonds is 9. The van der Waals surface area contributed by atoms with Crippen LogP contribution in [0.1, 0.15) is 25.3 Å². The van der Waals surface area contributed by atoms with E-state index in [2.05, 4.69) is 16.1 Å². The van der Waals surface area contributed by atoms with Gasteiger partial charge in [0, 0.05) is 6.61 Å². The second kappa shape index (κ2) is 8.55. The van der Waals surface area contributed by atoms with Crippen LogP contribution in [0.2, 0.25) is 0 Å². The summed E-state index contributed by atoms with van der Waals surface area (Å²) in [5, 5.41) is 21.1. The van der Waals surface area contributed by atoms with Gasteiger partial charge < -0.3 is 9.84 Å².